The van der Waals surface area contributed by atoms with Crippen LogP contribution in [0.3, 0.4) is 0 Å². The fraction of sp³-hybridized carbons (Fsp3) is 0.529. The van der Waals surface area contributed by atoms with E-state index in [0.717, 1.165) is 24.8 Å². The highest BCUT2D eigenvalue weighted by Gasteiger charge is 2.39. The van der Waals surface area contributed by atoms with Crippen LogP contribution in [0.15, 0.2) is 30.3 Å². The van der Waals surface area contributed by atoms with E-state index < -0.39 is 5.97 Å². The van der Waals surface area contributed by atoms with E-state index in [2.05, 4.69) is 0 Å². The summed E-state index contributed by atoms with van der Waals surface area (Å²) in [5.74, 6) is -0.804. The summed E-state index contributed by atoms with van der Waals surface area (Å²) >= 11 is 0. The van der Waals surface area contributed by atoms with E-state index in [1.165, 1.54) is 0 Å². The number of rotatable bonds is 6. The van der Waals surface area contributed by atoms with Crippen LogP contribution in [0.25, 0.3) is 0 Å². The Morgan fingerprint density at radius 3 is 2.57 bits per heavy atom. The molecule has 0 spiro atoms. The molecule has 0 unspecified atom stereocenters. The van der Waals surface area contributed by atoms with Crippen molar-refractivity contribution >= 4 is 12.1 Å². The molecule has 0 radical (unpaired) electrons. The highest BCUT2D eigenvalue weighted by atomic mass is 16.6. The number of amides is 1. The number of ether oxygens (including phenoxy) is 1. The largest absolute Gasteiger partial charge is 0.480 e. The Bertz CT molecular complexity index is 559. The first-order valence-electron chi connectivity index (χ1n) is 8.06. The molecule has 0 aromatic heterocycles. The van der Waals surface area contributed by atoms with Gasteiger partial charge in [0.25, 0.3) is 0 Å². The lowest BCUT2D eigenvalue weighted by atomic mass is 10.2. The molecular weight excluding hydrogens is 296 g/mol. The van der Waals surface area contributed by atoms with E-state index in [-0.39, 0.29) is 25.3 Å². The lowest BCUT2D eigenvalue weighted by molar-refractivity contribution is -0.139. The highest BCUT2D eigenvalue weighted by molar-refractivity contribution is 5.69. The molecule has 1 saturated carbocycles. The zero-order valence-electron chi connectivity index (χ0n) is 13.1. The van der Waals surface area contributed by atoms with Gasteiger partial charge in [0.1, 0.15) is 6.61 Å². The van der Waals surface area contributed by atoms with Crippen molar-refractivity contribution in [3.63, 3.8) is 0 Å². The molecule has 1 amide bonds. The first-order chi connectivity index (χ1) is 11.1. The number of carboxylic acid groups (broad SMARTS) is 1. The molecule has 1 aliphatic heterocycles. The van der Waals surface area contributed by atoms with E-state index in [9.17, 15) is 9.59 Å². The molecular formula is C17H22N2O4. The van der Waals surface area contributed by atoms with Gasteiger partial charge in [0.2, 0.25) is 0 Å². The Balaban J connectivity index is 1.50. The average Bonchev–Trinajstić information content (AvgIpc) is 3.27. The van der Waals surface area contributed by atoms with Gasteiger partial charge < -0.3 is 14.7 Å². The fourth-order valence-corrected chi connectivity index (χ4v) is 3.11. The topological polar surface area (TPSA) is 70.1 Å². The number of hydrogen-bond acceptors (Lipinski definition) is 4. The normalized spacial score (nSPS) is 20.7. The zero-order valence-corrected chi connectivity index (χ0v) is 13.1. The minimum Gasteiger partial charge on any atom is -0.480 e. The van der Waals surface area contributed by atoms with Gasteiger partial charge >= 0.3 is 12.1 Å². The van der Waals surface area contributed by atoms with Gasteiger partial charge in [0, 0.05) is 25.2 Å². The molecule has 6 nitrogen and oxygen atoms in total. The third-order valence-corrected chi connectivity index (χ3v) is 4.43. The van der Waals surface area contributed by atoms with Gasteiger partial charge in [-0.3, -0.25) is 9.69 Å². The van der Waals surface area contributed by atoms with Gasteiger partial charge in [0.05, 0.1) is 6.54 Å². The molecule has 1 heterocycles. The molecule has 1 aliphatic carbocycles. The van der Waals surface area contributed by atoms with Crippen molar-refractivity contribution in [1.29, 1.82) is 0 Å². The van der Waals surface area contributed by atoms with Crippen LogP contribution in [0.2, 0.25) is 0 Å². The average molecular weight is 318 g/mol. The summed E-state index contributed by atoms with van der Waals surface area (Å²) in [6.07, 6.45) is 2.61. The minimum absolute atomic E-state index is 0.0578. The molecule has 1 saturated heterocycles. The van der Waals surface area contributed by atoms with Crippen molar-refractivity contribution in [2.24, 2.45) is 0 Å². The maximum atomic E-state index is 12.2. The number of nitrogens with zero attached hydrogens (tertiary/aromatic N) is 2. The Morgan fingerprint density at radius 1 is 1.17 bits per heavy atom. The molecule has 23 heavy (non-hydrogen) atoms. The van der Waals surface area contributed by atoms with Crippen LogP contribution in [-0.2, 0) is 16.1 Å². The third kappa shape index (κ3) is 4.22. The van der Waals surface area contributed by atoms with Crippen molar-refractivity contribution in [1.82, 2.24) is 9.80 Å². The summed E-state index contributed by atoms with van der Waals surface area (Å²) in [6.45, 7) is 1.50. The molecule has 2 aliphatic rings. The molecule has 2 fully saturated rings. The summed E-state index contributed by atoms with van der Waals surface area (Å²) in [4.78, 5) is 26.9. The van der Waals surface area contributed by atoms with Gasteiger partial charge in [-0.1, -0.05) is 30.3 Å². The van der Waals surface area contributed by atoms with Crippen LogP contribution in [0.5, 0.6) is 0 Å². The Hall–Kier alpha value is -2.08. The summed E-state index contributed by atoms with van der Waals surface area (Å²) in [6, 6.07) is 10.1. The van der Waals surface area contributed by atoms with Gasteiger partial charge in [-0.05, 0) is 24.8 Å². The van der Waals surface area contributed by atoms with E-state index in [0.29, 0.717) is 19.1 Å². The number of aliphatic carboxylic acids is 1. The van der Waals surface area contributed by atoms with E-state index >= 15 is 0 Å². The maximum absolute atomic E-state index is 12.2. The summed E-state index contributed by atoms with van der Waals surface area (Å²) in [5, 5.41) is 9.06. The zero-order chi connectivity index (χ0) is 16.2. The van der Waals surface area contributed by atoms with E-state index in [4.69, 9.17) is 9.84 Å². The van der Waals surface area contributed by atoms with Crippen molar-refractivity contribution in [2.45, 2.75) is 38.0 Å². The van der Waals surface area contributed by atoms with Crippen molar-refractivity contribution in [3.8, 4) is 0 Å². The predicted molar refractivity (Wildman–Crippen MR) is 84.0 cm³/mol. The molecule has 6 heteroatoms. The second-order valence-corrected chi connectivity index (χ2v) is 6.23. The number of carbonyl (C=O) groups excluding carboxylic acids is 1. The SMILES string of the molecule is O=C(O)CN(C1CC1)[C@H]1CCN(C(=O)OCc2ccccc2)C1. The Labute approximate surface area is 135 Å². The van der Waals surface area contributed by atoms with Crippen LogP contribution in [0.1, 0.15) is 24.8 Å². The lowest BCUT2D eigenvalue weighted by Crippen LogP contribution is -2.43. The number of hydrogen-bond donors (Lipinski definition) is 1. The number of likely N-dealkylation sites (tertiary alicyclic amines) is 1. The second kappa shape index (κ2) is 7.00. The van der Waals surface area contributed by atoms with Crippen LogP contribution >= 0.6 is 0 Å². The Kier molecular flexibility index (Phi) is 4.81. The van der Waals surface area contributed by atoms with Crippen molar-refractivity contribution in [2.75, 3.05) is 19.6 Å². The maximum Gasteiger partial charge on any atom is 0.410 e. The standard InChI is InChI=1S/C17H22N2O4/c20-16(21)11-19(14-6-7-14)15-8-9-18(10-15)17(22)23-12-13-4-2-1-3-5-13/h1-5,14-15H,6-12H2,(H,20,21)/t15-/m0/s1. The van der Waals surface area contributed by atoms with Crippen LogP contribution in [-0.4, -0.2) is 58.7 Å². The van der Waals surface area contributed by atoms with Gasteiger partial charge in [0.15, 0.2) is 0 Å². The number of carboxylic acids is 1. The molecule has 3 rings (SSSR count). The summed E-state index contributed by atoms with van der Waals surface area (Å²) in [5.41, 5.74) is 0.960. The lowest BCUT2D eigenvalue weighted by Gasteiger charge is -2.27. The quantitative estimate of drug-likeness (QED) is 0.868. The fourth-order valence-electron chi connectivity index (χ4n) is 3.11. The molecule has 1 atom stereocenters. The number of benzene rings is 1. The van der Waals surface area contributed by atoms with E-state index in [1.807, 2.05) is 35.2 Å². The smallest absolute Gasteiger partial charge is 0.410 e. The van der Waals surface area contributed by atoms with Crippen LogP contribution in [0.4, 0.5) is 4.79 Å². The molecule has 0 bridgehead atoms. The molecule has 124 valence electrons. The highest BCUT2D eigenvalue weighted by Crippen LogP contribution is 2.31. The first-order valence-corrected chi connectivity index (χ1v) is 8.06. The number of carbonyl (C=O) groups is 2. The minimum atomic E-state index is -0.804. The monoisotopic (exact) mass is 318 g/mol. The van der Waals surface area contributed by atoms with Gasteiger partial charge in [-0.2, -0.15) is 0 Å². The van der Waals surface area contributed by atoms with Gasteiger partial charge in [-0.15, -0.1) is 0 Å². The Morgan fingerprint density at radius 2 is 1.91 bits per heavy atom. The van der Waals surface area contributed by atoms with Crippen LogP contribution in [0, 0.1) is 0 Å². The van der Waals surface area contributed by atoms with E-state index in [1.54, 1.807) is 4.90 Å². The second-order valence-electron chi connectivity index (χ2n) is 6.23. The molecule has 1 aromatic carbocycles. The third-order valence-electron chi connectivity index (χ3n) is 4.43. The summed E-state index contributed by atoms with van der Waals surface area (Å²) < 4.78 is 5.35. The van der Waals surface area contributed by atoms with Crippen molar-refractivity contribution < 1.29 is 19.4 Å². The molecule has 1 N–H and O–H groups in total. The summed E-state index contributed by atoms with van der Waals surface area (Å²) in [7, 11) is 0. The van der Waals surface area contributed by atoms with Crippen molar-refractivity contribution in [3.05, 3.63) is 35.9 Å². The molecule has 1 aromatic rings. The van der Waals surface area contributed by atoms with Gasteiger partial charge in [-0.25, -0.2) is 4.79 Å². The van der Waals surface area contributed by atoms with Crippen LogP contribution < -0.4 is 0 Å². The first kappa shape index (κ1) is 15.8. The predicted octanol–water partition coefficient (Wildman–Crippen LogP) is 1.95.